The molecule has 3 N–H and O–H groups in total. The summed E-state index contributed by atoms with van der Waals surface area (Å²) >= 11 is 0. The first-order valence-electron chi connectivity index (χ1n) is 20.6. The van der Waals surface area contributed by atoms with E-state index in [0.717, 1.165) is 17.7 Å². The molecule has 0 aliphatic heterocycles. The summed E-state index contributed by atoms with van der Waals surface area (Å²) in [5, 5.41) is 19.9. The first-order chi connectivity index (χ1) is 27.9. The van der Waals surface area contributed by atoms with Crippen molar-refractivity contribution >= 4 is 40.2 Å². The van der Waals surface area contributed by atoms with Crippen LogP contribution in [0.4, 0.5) is 14.9 Å². The maximum atomic E-state index is 14.8. The number of alkyl carbamates (subject to hydrolysis) is 1. The van der Waals surface area contributed by atoms with Crippen LogP contribution in [0.2, 0.25) is 36.3 Å². The number of benzene rings is 3. The predicted molar refractivity (Wildman–Crippen MR) is 241 cm³/mol. The number of nitrogens with zero attached hydrogens (tertiary/aromatic N) is 1. The van der Waals surface area contributed by atoms with Crippen molar-refractivity contribution in [1.82, 2.24) is 16.0 Å². The number of amides is 3. The van der Waals surface area contributed by atoms with Gasteiger partial charge >= 0.3 is 11.8 Å². The third kappa shape index (κ3) is 15.0. The molecule has 0 bridgehead atoms. The quantitative estimate of drug-likeness (QED) is 0.0679. The van der Waals surface area contributed by atoms with Gasteiger partial charge in [-0.25, -0.2) is 4.79 Å². The van der Waals surface area contributed by atoms with E-state index in [-0.39, 0.29) is 34.8 Å². The van der Waals surface area contributed by atoms with Crippen LogP contribution in [0, 0.1) is 15.9 Å². The van der Waals surface area contributed by atoms with Crippen molar-refractivity contribution in [1.29, 1.82) is 0 Å². The van der Waals surface area contributed by atoms with Gasteiger partial charge in [-0.15, -0.1) is 0 Å². The Morgan fingerprint density at radius 2 is 1.33 bits per heavy atom. The molecule has 0 radical (unpaired) electrons. The van der Waals surface area contributed by atoms with E-state index in [1.165, 1.54) is 6.07 Å². The molecule has 13 nitrogen and oxygen atoms in total. The van der Waals surface area contributed by atoms with Crippen molar-refractivity contribution in [2.24, 2.45) is 0 Å². The van der Waals surface area contributed by atoms with E-state index < -0.39 is 74.7 Å². The number of hydrogen-bond donors (Lipinski definition) is 3. The molecule has 3 amide bonds. The zero-order valence-corrected chi connectivity index (χ0v) is 40.6. The molecular formula is C45H67FN4O9Si2. The number of ether oxygens (including phenoxy) is 2. The SMILES string of the molecule is CC(C)Oc1cccc([C@@H](NC(=O)[C@@H](Cc2ccc(F)c([N+](=O)[O-])c2)NC(=O)OC(C)(C)C)C(=O)N[C@@H](CO[Si](C)(C)C(C)(C)C)c2cccc(O[Si](C)(C)C(C)(C)C)c2)c1. The van der Waals surface area contributed by atoms with Gasteiger partial charge in [-0.1, -0.05) is 71.9 Å². The molecule has 0 spiro atoms. The van der Waals surface area contributed by atoms with Gasteiger partial charge in [-0.2, -0.15) is 4.39 Å². The van der Waals surface area contributed by atoms with Gasteiger partial charge in [0.2, 0.25) is 25.9 Å². The maximum Gasteiger partial charge on any atom is 0.408 e. The minimum Gasteiger partial charge on any atom is -0.543 e. The fourth-order valence-electron chi connectivity index (χ4n) is 5.53. The van der Waals surface area contributed by atoms with E-state index >= 15 is 0 Å². The lowest BCUT2D eigenvalue weighted by molar-refractivity contribution is -0.387. The molecule has 3 aromatic carbocycles. The van der Waals surface area contributed by atoms with Crippen LogP contribution in [0.25, 0.3) is 0 Å². The third-order valence-electron chi connectivity index (χ3n) is 10.9. The number of rotatable bonds is 17. The Bertz CT molecular complexity index is 2020. The predicted octanol–water partition coefficient (Wildman–Crippen LogP) is 10.1. The lowest BCUT2D eigenvalue weighted by atomic mass is 10.0. The van der Waals surface area contributed by atoms with Gasteiger partial charge in [0.25, 0.3) is 0 Å². The Hall–Kier alpha value is -4.81. The van der Waals surface area contributed by atoms with Gasteiger partial charge in [-0.05, 0) is 118 Å². The number of hydrogen-bond acceptors (Lipinski definition) is 9. The highest BCUT2D eigenvalue weighted by atomic mass is 28.4. The van der Waals surface area contributed by atoms with Gasteiger partial charge < -0.3 is 34.3 Å². The molecule has 0 heterocycles. The van der Waals surface area contributed by atoms with Gasteiger partial charge in [0.15, 0.2) is 8.32 Å². The van der Waals surface area contributed by atoms with Crippen LogP contribution in [0.1, 0.15) is 105 Å². The molecule has 61 heavy (non-hydrogen) atoms. The minimum atomic E-state index is -2.35. The van der Waals surface area contributed by atoms with Crippen molar-refractivity contribution in [3.63, 3.8) is 0 Å². The topological polar surface area (TPSA) is 167 Å². The van der Waals surface area contributed by atoms with Crippen LogP contribution >= 0.6 is 0 Å². The zero-order chi connectivity index (χ0) is 46.3. The smallest absolute Gasteiger partial charge is 0.408 e. The summed E-state index contributed by atoms with van der Waals surface area (Å²) in [6.07, 6.45) is -1.45. The van der Waals surface area contributed by atoms with Crippen molar-refractivity contribution in [3.05, 3.63) is 99.4 Å². The monoisotopic (exact) mass is 882 g/mol. The molecule has 3 aromatic rings. The molecule has 3 rings (SSSR count). The van der Waals surface area contributed by atoms with E-state index in [1.807, 2.05) is 38.1 Å². The molecule has 3 atom stereocenters. The van der Waals surface area contributed by atoms with Crippen molar-refractivity contribution in [2.75, 3.05) is 6.61 Å². The summed E-state index contributed by atoms with van der Waals surface area (Å²) < 4.78 is 39.1. The van der Waals surface area contributed by atoms with Crippen molar-refractivity contribution in [2.45, 2.75) is 149 Å². The standard InChI is InChI=1S/C45H67FN4O9Si2/c1-29(2)57-33-20-17-19-32(27-33)39(49-40(51)36(48-42(53)58-43(3,4)5)24-30-22-23-35(46)38(25-30)50(54)55)41(52)47-37(28-56-60(12,13)44(6,7)8)31-18-16-21-34(26-31)59-61(14,15)45(9,10)11/h16-23,25-27,29,36-37,39H,24,28H2,1-15H3,(H,47,52)(H,48,53)(H,49,51)/t36-,37+,39-/m1/s1. The third-order valence-corrected chi connectivity index (χ3v) is 19.8. The van der Waals surface area contributed by atoms with E-state index in [2.05, 4.69) is 83.7 Å². The van der Waals surface area contributed by atoms with Crippen LogP contribution in [0.15, 0.2) is 66.7 Å². The summed E-state index contributed by atoms with van der Waals surface area (Å²) in [5.74, 6) is -1.35. The number of carbonyl (C=O) groups is 3. The van der Waals surface area contributed by atoms with Gasteiger partial charge in [0.1, 0.15) is 29.2 Å². The molecule has 0 saturated heterocycles. The number of nitrogens with one attached hydrogen (secondary N) is 3. The minimum absolute atomic E-state index is 0.0665. The highest BCUT2D eigenvalue weighted by Crippen LogP contribution is 2.39. The molecule has 336 valence electrons. The number of nitro benzene ring substituents is 1. The first kappa shape index (κ1) is 50.5. The summed E-state index contributed by atoms with van der Waals surface area (Å²) in [6, 6.07) is 14.1. The van der Waals surface area contributed by atoms with Crippen molar-refractivity contribution < 1.29 is 42.0 Å². The first-order valence-corrected chi connectivity index (χ1v) is 26.4. The Balaban J connectivity index is 2.14. The van der Waals surface area contributed by atoms with Gasteiger partial charge in [-0.3, -0.25) is 19.7 Å². The highest BCUT2D eigenvalue weighted by Gasteiger charge is 2.40. The van der Waals surface area contributed by atoms with E-state index in [4.69, 9.17) is 18.3 Å². The van der Waals surface area contributed by atoms with Crippen molar-refractivity contribution in [3.8, 4) is 11.5 Å². The van der Waals surface area contributed by atoms with E-state index in [1.54, 1.807) is 45.0 Å². The molecule has 16 heteroatoms. The lowest BCUT2D eigenvalue weighted by Crippen LogP contribution is -2.52. The average Bonchev–Trinajstić information content (AvgIpc) is 3.10. The summed E-state index contributed by atoms with van der Waals surface area (Å²) in [6.45, 7) is 30.2. The number of halogens is 1. The normalized spacial score (nSPS) is 14.0. The van der Waals surface area contributed by atoms with E-state index in [0.29, 0.717) is 17.1 Å². The van der Waals surface area contributed by atoms with Gasteiger partial charge in [0, 0.05) is 12.5 Å². The fraction of sp³-hybridized carbons (Fsp3) is 0.533. The largest absolute Gasteiger partial charge is 0.543 e. The second kappa shape index (κ2) is 19.9. The number of nitro groups is 1. The Morgan fingerprint density at radius 3 is 1.89 bits per heavy atom. The molecule has 0 unspecified atom stereocenters. The Morgan fingerprint density at radius 1 is 0.754 bits per heavy atom. The van der Waals surface area contributed by atoms with Crippen LogP contribution in [0.5, 0.6) is 11.5 Å². The summed E-state index contributed by atoms with van der Waals surface area (Å²) in [7, 11) is -4.59. The fourth-order valence-corrected chi connectivity index (χ4v) is 7.57. The summed E-state index contributed by atoms with van der Waals surface area (Å²) in [5.41, 5.74) is -0.449. The Labute approximate surface area is 363 Å². The van der Waals surface area contributed by atoms with Crippen LogP contribution < -0.4 is 25.1 Å². The van der Waals surface area contributed by atoms with Crippen LogP contribution in [-0.4, -0.2) is 63.8 Å². The molecule has 0 fully saturated rings. The second-order valence-electron chi connectivity index (χ2n) is 19.7. The van der Waals surface area contributed by atoms with E-state index in [9.17, 15) is 28.9 Å². The summed E-state index contributed by atoms with van der Waals surface area (Å²) in [4.78, 5) is 53.1. The van der Waals surface area contributed by atoms with Crippen LogP contribution in [-0.2, 0) is 25.2 Å². The highest BCUT2D eigenvalue weighted by molar-refractivity contribution is 6.75. The molecule has 0 saturated carbocycles. The maximum absolute atomic E-state index is 14.8. The zero-order valence-electron chi connectivity index (χ0n) is 38.6. The van der Waals surface area contributed by atoms with Gasteiger partial charge in [0.05, 0.1) is 23.7 Å². The molecule has 0 aromatic heterocycles. The number of carbonyl (C=O) groups excluding carboxylic acids is 3. The molecule has 0 aliphatic carbocycles. The average molecular weight is 883 g/mol. The lowest BCUT2D eigenvalue weighted by Gasteiger charge is -2.38. The molecule has 0 aliphatic rings. The molecular weight excluding hydrogens is 816 g/mol. The second-order valence-corrected chi connectivity index (χ2v) is 29.2. The van der Waals surface area contributed by atoms with Crippen LogP contribution in [0.3, 0.4) is 0 Å². The Kier molecular flexibility index (Phi) is 16.5.